The van der Waals surface area contributed by atoms with E-state index in [1.807, 2.05) is 25.3 Å². The molecule has 78 valence electrons. The second-order valence-electron chi connectivity index (χ2n) is 3.34. The molecule has 0 aromatic carbocycles. The Labute approximate surface area is 96.3 Å². The van der Waals surface area contributed by atoms with Crippen LogP contribution >= 0.6 is 15.9 Å². The Morgan fingerprint density at radius 1 is 1.40 bits per heavy atom. The van der Waals surface area contributed by atoms with Crippen LogP contribution in [0, 0.1) is 0 Å². The Kier molecular flexibility index (Phi) is 2.83. The van der Waals surface area contributed by atoms with Gasteiger partial charge in [0.1, 0.15) is 0 Å². The van der Waals surface area contributed by atoms with Gasteiger partial charge in [-0.1, -0.05) is 6.07 Å². The van der Waals surface area contributed by atoms with Gasteiger partial charge in [-0.25, -0.2) is 9.67 Å². The predicted octanol–water partition coefficient (Wildman–Crippen LogP) is 2.05. The Morgan fingerprint density at radius 3 is 2.67 bits per heavy atom. The number of rotatable bonds is 2. The van der Waals surface area contributed by atoms with Crippen molar-refractivity contribution in [3.63, 3.8) is 0 Å². The SMILES string of the molecule is C[C@@H](N)c1ccc(-n2cc(Br)cn2)nc1. The van der Waals surface area contributed by atoms with Gasteiger partial charge in [0.2, 0.25) is 0 Å². The van der Waals surface area contributed by atoms with Crippen molar-refractivity contribution in [2.45, 2.75) is 13.0 Å². The molecule has 2 aromatic heterocycles. The van der Waals surface area contributed by atoms with Crippen LogP contribution in [0.25, 0.3) is 5.82 Å². The van der Waals surface area contributed by atoms with Gasteiger partial charge in [-0.2, -0.15) is 5.10 Å². The van der Waals surface area contributed by atoms with Crippen molar-refractivity contribution in [2.24, 2.45) is 5.73 Å². The quantitative estimate of drug-likeness (QED) is 0.905. The molecular formula is C10H11BrN4. The van der Waals surface area contributed by atoms with Crippen molar-refractivity contribution in [3.8, 4) is 5.82 Å². The molecule has 0 unspecified atom stereocenters. The summed E-state index contributed by atoms with van der Waals surface area (Å²) in [4.78, 5) is 4.28. The van der Waals surface area contributed by atoms with Crippen molar-refractivity contribution in [1.82, 2.24) is 14.8 Å². The summed E-state index contributed by atoms with van der Waals surface area (Å²) in [6.45, 7) is 1.93. The van der Waals surface area contributed by atoms with Crippen LogP contribution in [0.5, 0.6) is 0 Å². The molecule has 2 heterocycles. The maximum atomic E-state index is 5.74. The van der Waals surface area contributed by atoms with E-state index < -0.39 is 0 Å². The molecule has 5 heteroatoms. The monoisotopic (exact) mass is 266 g/mol. The fraction of sp³-hybridized carbons (Fsp3) is 0.200. The minimum atomic E-state index is 0.0101. The van der Waals surface area contributed by atoms with Gasteiger partial charge in [-0.15, -0.1) is 0 Å². The van der Waals surface area contributed by atoms with E-state index in [4.69, 9.17) is 5.73 Å². The van der Waals surface area contributed by atoms with Crippen LogP contribution in [0.2, 0.25) is 0 Å². The van der Waals surface area contributed by atoms with E-state index in [-0.39, 0.29) is 6.04 Å². The second-order valence-corrected chi connectivity index (χ2v) is 4.26. The summed E-state index contributed by atoms with van der Waals surface area (Å²) in [6, 6.07) is 3.87. The van der Waals surface area contributed by atoms with Gasteiger partial charge in [-0.05, 0) is 34.5 Å². The molecule has 0 aliphatic carbocycles. The summed E-state index contributed by atoms with van der Waals surface area (Å²) in [5.74, 6) is 0.783. The minimum Gasteiger partial charge on any atom is -0.324 e. The third-order valence-electron chi connectivity index (χ3n) is 2.08. The van der Waals surface area contributed by atoms with Crippen LogP contribution in [0.1, 0.15) is 18.5 Å². The van der Waals surface area contributed by atoms with Crippen LogP contribution in [-0.2, 0) is 0 Å². The molecule has 0 aliphatic heterocycles. The Balaban J connectivity index is 2.31. The van der Waals surface area contributed by atoms with Crippen LogP contribution in [0.15, 0.2) is 35.2 Å². The summed E-state index contributed by atoms with van der Waals surface area (Å²) in [7, 11) is 0. The molecule has 2 aromatic rings. The zero-order chi connectivity index (χ0) is 10.8. The largest absolute Gasteiger partial charge is 0.324 e. The summed E-state index contributed by atoms with van der Waals surface area (Å²) in [5.41, 5.74) is 6.76. The lowest BCUT2D eigenvalue weighted by molar-refractivity contribution is 0.797. The fourth-order valence-corrected chi connectivity index (χ4v) is 1.51. The first-order valence-corrected chi connectivity index (χ1v) is 5.38. The first-order valence-electron chi connectivity index (χ1n) is 4.59. The molecule has 0 fully saturated rings. The Bertz CT molecular complexity index is 447. The molecule has 0 saturated carbocycles. The normalized spacial score (nSPS) is 12.7. The highest BCUT2D eigenvalue weighted by Gasteiger charge is 2.02. The lowest BCUT2D eigenvalue weighted by Crippen LogP contribution is -2.06. The highest BCUT2D eigenvalue weighted by Crippen LogP contribution is 2.13. The topological polar surface area (TPSA) is 56.7 Å². The highest BCUT2D eigenvalue weighted by molar-refractivity contribution is 9.10. The molecule has 0 spiro atoms. The molecule has 0 bridgehead atoms. The van der Waals surface area contributed by atoms with E-state index in [0.717, 1.165) is 15.9 Å². The standard InChI is InChI=1S/C10H11BrN4/c1-7(12)8-2-3-10(13-4-8)15-6-9(11)5-14-15/h2-7H,12H2,1H3/t7-/m1/s1. The minimum absolute atomic E-state index is 0.0101. The maximum Gasteiger partial charge on any atom is 0.153 e. The molecule has 1 atom stereocenters. The molecule has 0 saturated heterocycles. The van der Waals surface area contributed by atoms with Crippen molar-refractivity contribution >= 4 is 15.9 Å². The van der Waals surface area contributed by atoms with E-state index >= 15 is 0 Å². The summed E-state index contributed by atoms with van der Waals surface area (Å²) >= 11 is 3.34. The summed E-state index contributed by atoms with van der Waals surface area (Å²) < 4.78 is 2.63. The van der Waals surface area contributed by atoms with E-state index in [1.165, 1.54) is 0 Å². The van der Waals surface area contributed by atoms with Crippen LogP contribution < -0.4 is 5.73 Å². The van der Waals surface area contributed by atoms with Crippen LogP contribution in [0.4, 0.5) is 0 Å². The molecule has 4 nitrogen and oxygen atoms in total. The molecule has 0 amide bonds. The molecule has 15 heavy (non-hydrogen) atoms. The summed E-state index contributed by atoms with van der Waals surface area (Å²) in [5, 5.41) is 4.14. The van der Waals surface area contributed by atoms with Gasteiger partial charge in [-0.3, -0.25) is 0 Å². The molecular weight excluding hydrogens is 256 g/mol. The number of hydrogen-bond donors (Lipinski definition) is 1. The van der Waals surface area contributed by atoms with E-state index in [9.17, 15) is 0 Å². The number of pyridine rings is 1. The third-order valence-corrected chi connectivity index (χ3v) is 2.49. The third kappa shape index (κ3) is 2.24. The molecule has 0 aliphatic rings. The average Bonchev–Trinajstić information content (AvgIpc) is 2.65. The molecule has 2 rings (SSSR count). The Morgan fingerprint density at radius 2 is 2.20 bits per heavy atom. The maximum absolute atomic E-state index is 5.74. The smallest absolute Gasteiger partial charge is 0.153 e. The first-order chi connectivity index (χ1) is 7.16. The zero-order valence-electron chi connectivity index (χ0n) is 8.26. The Hall–Kier alpha value is -1.20. The van der Waals surface area contributed by atoms with Gasteiger partial charge < -0.3 is 5.73 Å². The molecule has 0 radical (unpaired) electrons. The number of nitrogens with zero attached hydrogens (tertiary/aromatic N) is 3. The van der Waals surface area contributed by atoms with Crippen molar-refractivity contribution in [2.75, 3.05) is 0 Å². The number of aromatic nitrogens is 3. The van der Waals surface area contributed by atoms with Crippen molar-refractivity contribution in [1.29, 1.82) is 0 Å². The van der Waals surface area contributed by atoms with Gasteiger partial charge in [0.25, 0.3) is 0 Å². The molecule has 2 N–H and O–H groups in total. The second kappa shape index (κ2) is 4.12. The zero-order valence-corrected chi connectivity index (χ0v) is 9.85. The first kappa shape index (κ1) is 10.3. The van der Waals surface area contributed by atoms with Crippen LogP contribution in [0.3, 0.4) is 0 Å². The van der Waals surface area contributed by atoms with Gasteiger partial charge in [0, 0.05) is 18.4 Å². The lowest BCUT2D eigenvalue weighted by Gasteiger charge is -2.05. The summed E-state index contributed by atoms with van der Waals surface area (Å²) in [6.07, 6.45) is 5.35. The number of hydrogen-bond acceptors (Lipinski definition) is 3. The van der Waals surface area contributed by atoms with Gasteiger partial charge >= 0.3 is 0 Å². The fourth-order valence-electron chi connectivity index (χ4n) is 1.23. The van der Waals surface area contributed by atoms with Crippen molar-refractivity contribution < 1.29 is 0 Å². The van der Waals surface area contributed by atoms with Crippen LogP contribution in [-0.4, -0.2) is 14.8 Å². The van der Waals surface area contributed by atoms with E-state index in [1.54, 1.807) is 17.1 Å². The number of nitrogens with two attached hydrogens (primary N) is 1. The number of halogens is 1. The average molecular weight is 267 g/mol. The highest BCUT2D eigenvalue weighted by atomic mass is 79.9. The van der Waals surface area contributed by atoms with Gasteiger partial charge in [0.05, 0.1) is 10.7 Å². The van der Waals surface area contributed by atoms with E-state index in [2.05, 4.69) is 26.0 Å². The van der Waals surface area contributed by atoms with Gasteiger partial charge in [0.15, 0.2) is 5.82 Å². The van der Waals surface area contributed by atoms with E-state index in [0.29, 0.717) is 0 Å². The lowest BCUT2D eigenvalue weighted by atomic mass is 10.2. The van der Waals surface area contributed by atoms with Crippen molar-refractivity contribution in [3.05, 3.63) is 40.8 Å². The predicted molar refractivity (Wildman–Crippen MR) is 61.7 cm³/mol.